The van der Waals surface area contributed by atoms with Gasteiger partial charge < -0.3 is 4.98 Å². The second kappa shape index (κ2) is 4.89. The lowest BCUT2D eigenvalue weighted by molar-refractivity contribution is 1.06. The van der Waals surface area contributed by atoms with Crippen molar-refractivity contribution < 1.29 is 0 Å². The zero-order valence-corrected chi connectivity index (χ0v) is 14.1. The summed E-state index contributed by atoms with van der Waals surface area (Å²) < 4.78 is 4.90. The zero-order chi connectivity index (χ0) is 13.6. The molecule has 1 heterocycles. The minimum absolute atomic E-state index is 0.704. The third kappa shape index (κ3) is 2.30. The van der Waals surface area contributed by atoms with Crippen LogP contribution < -0.4 is 0 Å². The summed E-state index contributed by atoms with van der Waals surface area (Å²) in [4.78, 5) is 3.24. The Bertz CT molecular complexity index is 833. The molecule has 0 radical (unpaired) electrons. The molecule has 2 nitrogen and oxygen atoms in total. The van der Waals surface area contributed by atoms with Gasteiger partial charge in [0.15, 0.2) is 4.77 Å². The molecule has 1 N–H and O–H groups in total. The van der Waals surface area contributed by atoms with Crippen LogP contribution in [0.5, 0.6) is 0 Å². The standard InChI is InChI=1S/C14H10Br2N2S/c1-8-6-10(3-4-11(8)16)18-13-5-2-9(15)7-12(13)17-14(18)19/h2-7H,1H3,(H,17,19). The smallest absolute Gasteiger partial charge is 0.182 e. The van der Waals surface area contributed by atoms with Crippen LogP contribution in [0.15, 0.2) is 45.3 Å². The number of imidazole rings is 1. The van der Waals surface area contributed by atoms with Crippen molar-refractivity contribution in [3.8, 4) is 5.69 Å². The lowest BCUT2D eigenvalue weighted by Crippen LogP contribution is -1.94. The van der Waals surface area contributed by atoms with Crippen molar-refractivity contribution in [3.05, 3.63) is 55.7 Å². The summed E-state index contributed by atoms with van der Waals surface area (Å²) in [5.74, 6) is 0. The number of rotatable bonds is 1. The first-order valence-electron chi connectivity index (χ1n) is 5.73. The van der Waals surface area contributed by atoms with Gasteiger partial charge >= 0.3 is 0 Å². The molecule has 0 fully saturated rings. The van der Waals surface area contributed by atoms with Gasteiger partial charge in [-0.05, 0) is 61.1 Å². The molecule has 0 saturated heterocycles. The van der Waals surface area contributed by atoms with Gasteiger partial charge in [-0.3, -0.25) is 4.57 Å². The maximum absolute atomic E-state index is 5.43. The van der Waals surface area contributed by atoms with Crippen LogP contribution in [0.3, 0.4) is 0 Å². The number of aryl methyl sites for hydroxylation is 1. The largest absolute Gasteiger partial charge is 0.330 e. The fraction of sp³-hybridized carbons (Fsp3) is 0.0714. The van der Waals surface area contributed by atoms with Crippen molar-refractivity contribution in [2.75, 3.05) is 0 Å². The number of fused-ring (bicyclic) bond motifs is 1. The second-order valence-corrected chi connectivity index (χ2v) is 6.52. The highest BCUT2D eigenvalue weighted by Gasteiger charge is 2.07. The normalized spacial score (nSPS) is 11.1. The number of hydrogen-bond acceptors (Lipinski definition) is 1. The summed E-state index contributed by atoms with van der Waals surface area (Å²) in [6, 6.07) is 12.3. The lowest BCUT2D eigenvalue weighted by Gasteiger charge is -2.07. The van der Waals surface area contributed by atoms with Gasteiger partial charge in [-0.2, -0.15) is 0 Å². The number of aromatic amines is 1. The quantitative estimate of drug-likeness (QED) is 0.536. The fourth-order valence-corrected chi connectivity index (χ4v) is 3.03. The first-order valence-corrected chi connectivity index (χ1v) is 7.72. The van der Waals surface area contributed by atoms with Crippen LogP contribution in [-0.2, 0) is 0 Å². The molecule has 1 aromatic heterocycles. The van der Waals surface area contributed by atoms with Crippen molar-refractivity contribution in [2.24, 2.45) is 0 Å². The second-order valence-electron chi connectivity index (χ2n) is 4.36. The van der Waals surface area contributed by atoms with E-state index in [1.807, 2.05) is 18.2 Å². The topological polar surface area (TPSA) is 20.7 Å². The van der Waals surface area contributed by atoms with Gasteiger partial charge in [0.25, 0.3) is 0 Å². The molecule has 2 aromatic carbocycles. The van der Waals surface area contributed by atoms with Crippen LogP contribution in [0.2, 0.25) is 0 Å². The number of H-pyrrole nitrogens is 1. The summed E-state index contributed by atoms with van der Waals surface area (Å²) in [5, 5.41) is 0. The van der Waals surface area contributed by atoms with Gasteiger partial charge in [0.05, 0.1) is 11.0 Å². The van der Waals surface area contributed by atoms with Crippen LogP contribution >= 0.6 is 44.1 Å². The van der Waals surface area contributed by atoms with Crippen molar-refractivity contribution in [1.82, 2.24) is 9.55 Å². The predicted molar refractivity (Wildman–Crippen MR) is 88.6 cm³/mol. The van der Waals surface area contributed by atoms with Crippen molar-refractivity contribution in [1.29, 1.82) is 0 Å². The van der Waals surface area contributed by atoms with E-state index in [9.17, 15) is 0 Å². The SMILES string of the molecule is Cc1cc(-n2c(=S)[nH]c3cc(Br)ccc32)ccc1Br. The molecule has 0 spiro atoms. The fourth-order valence-electron chi connectivity index (χ4n) is 2.11. The van der Waals surface area contributed by atoms with E-state index in [1.54, 1.807) is 0 Å². The van der Waals surface area contributed by atoms with E-state index in [2.05, 4.69) is 66.5 Å². The molecule has 0 amide bonds. The number of nitrogens with zero attached hydrogens (tertiary/aromatic N) is 1. The number of halogens is 2. The van der Waals surface area contributed by atoms with E-state index in [0.717, 1.165) is 25.7 Å². The van der Waals surface area contributed by atoms with Gasteiger partial charge in [0.2, 0.25) is 0 Å². The highest BCUT2D eigenvalue weighted by molar-refractivity contribution is 9.10. The Hall–Kier alpha value is -0.910. The van der Waals surface area contributed by atoms with Crippen LogP contribution in [0, 0.1) is 11.7 Å². The van der Waals surface area contributed by atoms with E-state index >= 15 is 0 Å². The van der Waals surface area contributed by atoms with Crippen LogP contribution in [0.1, 0.15) is 5.56 Å². The minimum Gasteiger partial charge on any atom is -0.330 e. The highest BCUT2D eigenvalue weighted by Crippen LogP contribution is 2.25. The number of nitrogens with one attached hydrogen (secondary N) is 1. The molecule has 0 aliphatic heterocycles. The molecule has 0 aliphatic carbocycles. The van der Waals surface area contributed by atoms with E-state index in [0.29, 0.717) is 4.77 Å². The van der Waals surface area contributed by atoms with Gasteiger partial charge in [-0.1, -0.05) is 31.9 Å². The van der Waals surface area contributed by atoms with Crippen LogP contribution in [0.25, 0.3) is 16.7 Å². The van der Waals surface area contributed by atoms with E-state index < -0.39 is 0 Å². The monoisotopic (exact) mass is 396 g/mol. The minimum atomic E-state index is 0.704. The first-order chi connectivity index (χ1) is 9.06. The number of aromatic nitrogens is 2. The Labute approximate surface area is 132 Å². The van der Waals surface area contributed by atoms with E-state index in [-0.39, 0.29) is 0 Å². The maximum atomic E-state index is 5.43. The molecule has 5 heteroatoms. The Balaban J connectivity index is 2.32. The highest BCUT2D eigenvalue weighted by atomic mass is 79.9. The van der Waals surface area contributed by atoms with Gasteiger partial charge in [-0.25, -0.2) is 0 Å². The molecule has 0 bridgehead atoms. The Kier molecular flexibility index (Phi) is 3.37. The van der Waals surface area contributed by atoms with E-state index in [1.165, 1.54) is 5.56 Å². The maximum Gasteiger partial charge on any atom is 0.182 e. The molecule has 0 unspecified atom stereocenters. The van der Waals surface area contributed by atoms with Crippen LogP contribution in [0.4, 0.5) is 0 Å². The molecular formula is C14H10Br2N2S. The lowest BCUT2D eigenvalue weighted by atomic mass is 10.2. The summed E-state index contributed by atoms with van der Waals surface area (Å²) in [6.07, 6.45) is 0. The molecule has 19 heavy (non-hydrogen) atoms. The van der Waals surface area contributed by atoms with Gasteiger partial charge in [-0.15, -0.1) is 0 Å². The Morgan fingerprint density at radius 1 is 1.11 bits per heavy atom. The molecule has 96 valence electrons. The molecule has 3 rings (SSSR count). The summed E-state index contributed by atoms with van der Waals surface area (Å²) in [5.41, 5.74) is 4.36. The third-order valence-corrected chi connectivity index (χ3v) is 4.71. The summed E-state index contributed by atoms with van der Waals surface area (Å²) in [6.45, 7) is 2.07. The molecule has 0 aliphatic rings. The summed E-state index contributed by atoms with van der Waals surface area (Å²) >= 11 is 12.4. The Morgan fingerprint density at radius 2 is 1.89 bits per heavy atom. The van der Waals surface area contributed by atoms with Crippen molar-refractivity contribution in [3.63, 3.8) is 0 Å². The van der Waals surface area contributed by atoms with Gasteiger partial charge in [0, 0.05) is 14.6 Å². The molecule has 3 aromatic rings. The van der Waals surface area contributed by atoms with Crippen molar-refractivity contribution >= 4 is 55.1 Å². The first kappa shape index (κ1) is 13.1. The van der Waals surface area contributed by atoms with Gasteiger partial charge in [0.1, 0.15) is 0 Å². The van der Waals surface area contributed by atoms with Crippen LogP contribution in [-0.4, -0.2) is 9.55 Å². The Morgan fingerprint density at radius 3 is 2.63 bits per heavy atom. The number of hydrogen-bond donors (Lipinski definition) is 1. The summed E-state index contributed by atoms with van der Waals surface area (Å²) in [7, 11) is 0. The van der Waals surface area contributed by atoms with E-state index in [4.69, 9.17) is 12.2 Å². The molecular weight excluding hydrogens is 388 g/mol. The van der Waals surface area contributed by atoms with Crippen molar-refractivity contribution in [2.45, 2.75) is 6.92 Å². The predicted octanol–water partition coefficient (Wildman–Crippen LogP) is 5.52. The molecule has 0 saturated carbocycles. The zero-order valence-electron chi connectivity index (χ0n) is 10.1. The number of benzene rings is 2. The third-order valence-electron chi connectivity index (χ3n) is 3.04. The average molecular weight is 398 g/mol. The molecule has 0 atom stereocenters. The average Bonchev–Trinajstić information content (AvgIpc) is 2.68.